The Morgan fingerprint density at radius 1 is 1.27 bits per heavy atom. The molecule has 6 nitrogen and oxygen atoms in total. The Balaban J connectivity index is 2.63. The lowest BCUT2D eigenvalue weighted by Crippen LogP contribution is -2.46. The Morgan fingerprint density at radius 2 is 1.86 bits per heavy atom. The van der Waals surface area contributed by atoms with Crippen LogP contribution in [-0.2, 0) is 9.59 Å². The van der Waals surface area contributed by atoms with Crippen molar-refractivity contribution in [1.82, 2.24) is 5.32 Å². The first kappa shape index (κ1) is 17.5. The molecule has 0 heterocycles. The van der Waals surface area contributed by atoms with Crippen molar-refractivity contribution in [3.05, 3.63) is 29.8 Å². The van der Waals surface area contributed by atoms with Gasteiger partial charge in [-0.1, -0.05) is 13.8 Å². The predicted molar refractivity (Wildman–Crippen MR) is 80.3 cm³/mol. The van der Waals surface area contributed by atoms with Crippen molar-refractivity contribution in [2.24, 2.45) is 5.92 Å². The molecule has 0 radical (unpaired) electrons. The highest BCUT2D eigenvalue weighted by Gasteiger charge is 2.24. The monoisotopic (exact) mass is 304 g/mol. The molecule has 2 atom stereocenters. The number of carboxylic acids is 1. The van der Waals surface area contributed by atoms with Gasteiger partial charge in [-0.3, -0.25) is 4.79 Å². The lowest BCUT2D eigenvalue weighted by Gasteiger charge is -2.20. The van der Waals surface area contributed by atoms with Gasteiger partial charge >= 0.3 is 5.97 Å². The van der Waals surface area contributed by atoms with Crippen LogP contribution >= 0.6 is 0 Å². The van der Waals surface area contributed by atoms with E-state index in [1.165, 1.54) is 0 Å². The van der Waals surface area contributed by atoms with Gasteiger partial charge in [0.15, 0.2) is 6.10 Å². The summed E-state index contributed by atoms with van der Waals surface area (Å²) in [4.78, 5) is 23.2. The molecular weight excluding hydrogens is 284 g/mol. The first-order valence-corrected chi connectivity index (χ1v) is 7.03. The molecule has 6 heteroatoms. The topological polar surface area (TPSA) is 99.4 Å². The molecule has 0 saturated heterocycles. The van der Waals surface area contributed by atoms with Crippen molar-refractivity contribution >= 4 is 11.9 Å². The summed E-state index contributed by atoms with van der Waals surface area (Å²) in [7, 11) is 0. The maximum Gasteiger partial charge on any atom is 0.326 e. The molecule has 2 unspecified atom stereocenters. The second kappa shape index (κ2) is 8.03. The van der Waals surface area contributed by atoms with Crippen LogP contribution in [0.25, 0.3) is 0 Å². The quantitative estimate of drug-likeness (QED) is 0.802. The first-order chi connectivity index (χ1) is 10.3. The summed E-state index contributed by atoms with van der Waals surface area (Å²) in [6.07, 6.45) is -0.480. The number of nitriles is 1. The number of carbonyl (C=O) groups excluding carboxylic acids is 1. The molecule has 1 rings (SSSR count). The van der Waals surface area contributed by atoms with Crippen molar-refractivity contribution in [3.8, 4) is 11.8 Å². The van der Waals surface area contributed by atoms with E-state index in [0.717, 1.165) is 0 Å². The van der Waals surface area contributed by atoms with Gasteiger partial charge in [-0.25, -0.2) is 4.79 Å². The second-order valence-corrected chi connectivity index (χ2v) is 5.43. The number of carboxylic acid groups (broad SMARTS) is 1. The minimum absolute atomic E-state index is 0.149. The summed E-state index contributed by atoms with van der Waals surface area (Å²) in [5, 5.41) is 20.3. The van der Waals surface area contributed by atoms with E-state index in [-0.39, 0.29) is 5.92 Å². The van der Waals surface area contributed by atoms with E-state index in [4.69, 9.17) is 15.1 Å². The Hall–Kier alpha value is -2.55. The number of carbonyl (C=O) groups is 2. The number of nitrogens with zero attached hydrogens (tertiary/aromatic N) is 1. The summed E-state index contributed by atoms with van der Waals surface area (Å²) >= 11 is 0. The Morgan fingerprint density at radius 3 is 2.32 bits per heavy atom. The van der Waals surface area contributed by atoms with Crippen LogP contribution in [0, 0.1) is 17.2 Å². The van der Waals surface area contributed by atoms with Gasteiger partial charge < -0.3 is 15.2 Å². The molecule has 118 valence electrons. The zero-order valence-corrected chi connectivity index (χ0v) is 12.9. The van der Waals surface area contributed by atoms with Crippen molar-refractivity contribution in [3.63, 3.8) is 0 Å². The molecule has 0 aliphatic heterocycles. The van der Waals surface area contributed by atoms with Crippen LogP contribution in [-0.4, -0.2) is 29.1 Å². The highest BCUT2D eigenvalue weighted by molar-refractivity contribution is 5.86. The van der Waals surface area contributed by atoms with Gasteiger partial charge in [-0.2, -0.15) is 5.26 Å². The van der Waals surface area contributed by atoms with E-state index in [9.17, 15) is 9.59 Å². The number of benzene rings is 1. The summed E-state index contributed by atoms with van der Waals surface area (Å²) in [5.74, 6) is -0.960. The summed E-state index contributed by atoms with van der Waals surface area (Å²) in [6.45, 7) is 5.32. The number of hydrogen-bond acceptors (Lipinski definition) is 4. The fraction of sp³-hybridized carbons (Fsp3) is 0.438. The molecule has 0 fully saturated rings. The number of nitrogens with one attached hydrogen (secondary N) is 1. The van der Waals surface area contributed by atoms with Crippen LogP contribution in [0.15, 0.2) is 24.3 Å². The minimum Gasteiger partial charge on any atom is -0.481 e. The molecule has 0 bridgehead atoms. The number of hydrogen-bond donors (Lipinski definition) is 2. The largest absolute Gasteiger partial charge is 0.481 e. The van der Waals surface area contributed by atoms with Gasteiger partial charge in [0, 0.05) is 0 Å². The van der Waals surface area contributed by atoms with Crippen LogP contribution in [0.3, 0.4) is 0 Å². The maximum absolute atomic E-state index is 12.0. The van der Waals surface area contributed by atoms with Crippen LogP contribution < -0.4 is 10.1 Å². The zero-order chi connectivity index (χ0) is 16.7. The molecule has 22 heavy (non-hydrogen) atoms. The number of ether oxygens (including phenoxy) is 1. The molecular formula is C16H20N2O4. The van der Waals surface area contributed by atoms with E-state index in [1.54, 1.807) is 31.2 Å². The van der Waals surface area contributed by atoms with Crippen molar-refractivity contribution in [2.75, 3.05) is 0 Å². The molecule has 0 saturated carbocycles. The maximum atomic E-state index is 12.0. The molecule has 0 aromatic heterocycles. The standard InChI is InChI=1S/C16H20N2O4/c1-10(2)8-14(16(20)21)18-15(19)11(3)22-13-6-4-12(9-17)5-7-13/h4-7,10-11,14H,8H2,1-3H3,(H,18,19)(H,20,21). The predicted octanol–water partition coefficient (Wildman–Crippen LogP) is 1.94. The van der Waals surface area contributed by atoms with E-state index >= 15 is 0 Å². The van der Waals surface area contributed by atoms with Gasteiger partial charge in [0.1, 0.15) is 11.8 Å². The average Bonchev–Trinajstić information content (AvgIpc) is 2.46. The third kappa shape index (κ3) is 5.44. The number of amides is 1. The SMILES string of the molecule is CC(C)CC(NC(=O)C(C)Oc1ccc(C#N)cc1)C(=O)O. The Kier molecular flexibility index (Phi) is 6.39. The number of aliphatic carboxylic acids is 1. The number of rotatable bonds is 7. The van der Waals surface area contributed by atoms with E-state index < -0.39 is 24.0 Å². The Bertz CT molecular complexity index is 561. The van der Waals surface area contributed by atoms with Gasteiger partial charge in [-0.05, 0) is 43.5 Å². The highest BCUT2D eigenvalue weighted by Crippen LogP contribution is 2.14. The fourth-order valence-electron chi connectivity index (χ4n) is 1.85. The third-order valence-corrected chi connectivity index (χ3v) is 2.99. The van der Waals surface area contributed by atoms with Crippen molar-refractivity contribution in [2.45, 2.75) is 39.3 Å². The smallest absolute Gasteiger partial charge is 0.326 e. The summed E-state index contributed by atoms with van der Waals surface area (Å²) in [5.41, 5.74) is 0.493. The molecule has 1 amide bonds. The van der Waals surface area contributed by atoms with Crippen LogP contribution in [0.4, 0.5) is 0 Å². The molecule has 1 aromatic carbocycles. The van der Waals surface area contributed by atoms with Crippen LogP contribution in [0.5, 0.6) is 5.75 Å². The normalized spacial score (nSPS) is 13.0. The van der Waals surface area contributed by atoms with Crippen LogP contribution in [0.2, 0.25) is 0 Å². The highest BCUT2D eigenvalue weighted by atomic mass is 16.5. The molecule has 2 N–H and O–H groups in total. The van der Waals surface area contributed by atoms with Gasteiger partial charge in [0.25, 0.3) is 5.91 Å². The van der Waals surface area contributed by atoms with E-state index in [0.29, 0.717) is 17.7 Å². The van der Waals surface area contributed by atoms with Gasteiger partial charge in [-0.15, -0.1) is 0 Å². The van der Waals surface area contributed by atoms with Crippen molar-refractivity contribution in [1.29, 1.82) is 5.26 Å². The average molecular weight is 304 g/mol. The van der Waals surface area contributed by atoms with Crippen molar-refractivity contribution < 1.29 is 19.4 Å². The summed E-state index contributed by atoms with van der Waals surface area (Å²) in [6, 6.07) is 7.40. The van der Waals surface area contributed by atoms with Crippen LogP contribution in [0.1, 0.15) is 32.8 Å². The second-order valence-electron chi connectivity index (χ2n) is 5.43. The Labute approximate surface area is 129 Å². The zero-order valence-electron chi connectivity index (χ0n) is 12.9. The van der Waals surface area contributed by atoms with E-state index in [1.807, 2.05) is 19.9 Å². The minimum atomic E-state index is -1.06. The first-order valence-electron chi connectivity index (χ1n) is 7.03. The van der Waals surface area contributed by atoms with Gasteiger partial charge in [0.05, 0.1) is 11.6 Å². The summed E-state index contributed by atoms with van der Waals surface area (Å²) < 4.78 is 5.45. The lowest BCUT2D eigenvalue weighted by molar-refractivity contribution is -0.143. The molecule has 0 aliphatic carbocycles. The lowest BCUT2D eigenvalue weighted by atomic mass is 10.0. The fourth-order valence-corrected chi connectivity index (χ4v) is 1.85. The van der Waals surface area contributed by atoms with E-state index in [2.05, 4.69) is 5.32 Å². The molecule has 0 aliphatic rings. The third-order valence-electron chi connectivity index (χ3n) is 2.99. The van der Waals surface area contributed by atoms with Gasteiger partial charge in [0.2, 0.25) is 0 Å². The molecule has 1 aromatic rings. The molecule has 0 spiro atoms.